The third-order valence-corrected chi connectivity index (χ3v) is 1.78. The van der Waals surface area contributed by atoms with Crippen molar-refractivity contribution in [3.8, 4) is 0 Å². The van der Waals surface area contributed by atoms with Gasteiger partial charge in [-0.2, -0.15) is 0 Å². The zero-order chi connectivity index (χ0) is 12.1. The van der Waals surface area contributed by atoms with Crippen LogP contribution in [0, 0.1) is 10.1 Å². The van der Waals surface area contributed by atoms with Gasteiger partial charge in [0.15, 0.2) is 0 Å². The third kappa shape index (κ3) is 2.62. The lowest BCUT2D eigenvalue weighted by Gasteiger charge is -2.02. The summed E-state index contributed by atoms with van der Waals surface area (Å²) in [5, 5.41) is 10.6. The Hall–Kier alpha value is -2.25. The van der Waals surface area contributed by atoms with Crippen LogP contribution < -0.4 is 0 Å². The van der Waals surface area contributed by atoms with E-state index in [9.17, 15) is 19.7 Å². The number of nitrogens with zero attached hydrogens (tertiary/aromatic N) is 3. The van der Waals surface area contributed by atoms with Gasteiger partial charge in [-0.1, -0.05) is 0 Å². The van der Waals surface area contributed by atoms with Crippen molar-refractivity contribution in [3.63, 3.8) is 0 Å². The molecule has 0 aliphatic rings. The molecule has 0 spiro atoms. The van der Waals surface area contributed by atoms with Gasteiger partial charge < -0.3 is 14.9 Å². The smallest absolute Gasteiger partial charge is 0.343 e. The highest BCUT2D eigenvalue weighted by molar-refractivity contribution is 5.70. The van der Waals surface area contributed by atoms with Crippen LogP contribution in [0.1, 0.15) is 17.5 Å². The van der Waals surface area contributed by atoms with E-state index in [0.29, 0.717) is 6.29 Å². The zero-order valence-electron chi connectivity index (χ0n) is 8.45. The normalized spacial score (nSPS) is 9.81. The standard InChI is InChI=1S/C8H9N3O5/c1-6(13)16-3-2-10-7(5-12)9-4-8(10)11(14)15/h4-5H,2-3H2,1H3. The molecular weight excluding hydrogens is 218 g/mol. The number of nitro groups is 1. The van der Waals surface area contributed by atoms with Gasteiger partial charge >= 0.3 is 11.8 Å². The molecule has 0 aliphatic carbocycles. The Morgan fingerprint density at radius 3 is 2.94 bits per heavy atom. The van der Waals surface area contributed by atoms with Crippen LogP contribution in [0.4, 0.5) is 5.82 Å². The Balaban J connectivity index is 2.82. The van der Waals surface area contributed by atoms with E-state index < -0.39 is 10.9 Å². The molecule has 0 N–H and O–H groups in total. The number of ether oxygens (including phenoxy) is 1. The van der Waals surface area contributed by atoms with Crippen molar-refractivity contribution in [2.75, 3.05) is 6.61 Å². The molecule has 1 heterocycles. The Labute approximate surface area is 90.0 Å². The van der Waals surface area contributed by atoms with Crippen molar-refractivity contribution in [1.29, 1.82) is 0 Å². The van der Waals surface area contributed by atoms with E-state index in [1.54, 1.807) is 0 Å². The molecule has 1 rings (SSSR count). The summed E-state index contributed by atoms with van der Waals surface area (Å²) in [7, 11) is 0. The molecule has 8 nitrogen and oxygen atoms in total. The van der Waals surface area contributed by atoms with Crippen LogP contribution in [0.15, 0.2) is 6.20 Å². The Kier molecular flexibility index (Phi) is 3.70. The van der Waals surface area contributed by atoms with Gasteiger partial charge in [0, 0.05) is 6.92 Å². The van der Waals surface area contributed by atoms with E-state index in [-0.39, 0.29) is 24.8 Å². The monoisotopic (exact) mass is 227 g/mol. The summed E-state index contributed by atoms with van der Waals surface area (Å²) < 4.78 is 5.70. The van der Waals surface area contributed by atoms with E-state index in [1.807, 2.05) is 0 Å². The van der Waals surface area contributed by atoms with Crippen LogP contribution in [0.3, 0.4) is 0 Å². The first kappa shape index (κ1) is 11.8. The highest BCUT2D eigenvalue weighted by Crippen LogP contribution is 2.12. The molecule has 1 aromatic rings. The van der Waals surface area contributed by atoms with Crippen LogP contribution in [-0.4, -0.2) is 33.3 Å². The molecule has 86 valence electrons. The molecule has 0 fully saturated rings. The lowest BCUT2D eigenvalue weighted by Crippen LogP contribution is -2.13. The number of aromatic nitrogens is 2. The second-order valence-electron chi connectivity index (χ2n) is 2.84. The van der Waals surface area contributed by atoms with Gasteiger partial charge in [-0.25, -0.2) is 9.55 Å². The minimum Gasteiger partial charge on any atom is -0.462 e. The number of carbonyl (C=O) groups is 2. The molecule has 0 aromatic carbocycles. The van der Waals surface area contributed by atoms with Crippen molar-refractivity contribution in [1.82, 2.24) is 9.55 Å². The van der Waals surface area contributed by atoms with E-state index in [1.165, 1.54) is 6.92 Å². The highest BCUT2D eigenvalue weighted by Gasteiger charge is 2.19. The minimum atomic E-state index is -0.659. The average Bonchev–Trinajstić information content (AvgIpc) is 2.60. The maximum atomic E-state index is 10.6. The van der Waals surface area contributed by atoms with Gasteiger partial charge in [0.05, 0.1) is 0 Å². The van der Waals surface area contributed by atoms with Gasteiger partial charge in [-0.15, -0.1) is 0 Å². The molecule has 0 saturated carbocycles. The fourth-order valence-corrected chi connectivity index (χ4v) is 1.13. The fourth-order valence-electron chi connectivity index (χ4n) is 1.13. The molecular formula is C8H9N3O5. The molecule has 1 aromatic heterocycles. The predicted octanol–water partition coefficient (Wildman–Crippen LogP) is 0.167. The maximum Gasteiger partial charge on any atom is 0.343 e. The molecule has 0 saturated heterocycles. The lowest BCUT2D eigenvalue weighted by molar-refractivity contribution is -0.392. The summed E-state index contributed by atoms with van der Waals surface area (Å²) in [5.41, 5.74) is 0. The summed E-state index contributed by atoms with van der Waals surface area (Å²) in [5.74, 6) is -0.872. The second-order valence-corrected chi connectivity index (χ2v) is 2.84. The number of aldehydes is 1. The summed E-state index contributed by atoms with van der Waals surface area (Å²) >= 11 is 0. The number of carbonyl (C=O) groups excluding carboxylic acids is 2. The fraction of sp³-hybridized carbons (Fsp3) is 0.375. The molecule has 0 atom stereocenters. The maximum absolute atomic E-state index is 10.6. The van der Waals surface area contributed by atoms with Crippen LogP contribution in [-0.2, 0) is 16.1 Å². The highest BCUT2D eigenvalue weighted by atomic mass is 16.6. The van der Waals surface area contributed by atoms with Crippen LogP contribution in [0.25, 0.3) is 0 Å². The number of esters is 1. The van der Waals surface area contributed by atoms with Crippen LogP contribution in [0.2, 0.25) is 0 Å². The Morgan fingerprint density at radius 2 is 2.44 bits per heavy atom. The van der Waals surface area contributed by atoms with Gasteiger partial charge in [0.1, 0.15) is 19.3 Å². The van der Waals surface area contributed by atoms with Gasteiger partial charge in [-0.05, 0) is 4.92 Å². The van der Waals surface area contributed by atoms with Gasteiger partial charge in [-0.3, -0.25) is 9.59 Å². The largest absolute Gasteiger partial charge is 0.462 e. The van der Waals surface area contributed by atoms with Crippen molar-refractivity contribution in [2.24, 2.45) is 0 Å². The average molecular weight is 227 g/mol. The Bertz CT molecular complexity index is 425. The first-order chi connectivity index (χ1) is 7.56. The quantitative estimate of drug-likeness (QED) is 0.307. The molecule has 0 aliphatic heterocycles. The summed E-state index contributed by atoms with van der Waals surface area (Å²) in [6, 6.07) is 0. The van der Waals surface area contributed by atoms with Crippen LogP contribution >= 0.6 is 0 Å². The first-order valence-electron chi connectivity index (χ1n) is 4.34. The van der Waals surface area contributed by atoms with E-state index in [2.05, 4.69) is 9.72 Å². The van der Waals surface area contributed by atoms with E-state index in [4.69, 9.17) is 0 Å². The molecule has 16 heavy (non-hydrogen) atoms. The summed E-state index contributed by atoms with van der Waals surface area (Å²) in [6.07, 6.45) is 1.39. The topological polar surface area (TPSA) is 104 Å². The molecule has 0 amide bonds. The summed E-state index contributed by atoms with van der Waals surface area (Å²) in [4.78, 5) is 34.5. The number of imidazole rings is 1. The van der Waals surface area contributed by atoms with Crippen molar-refractivity contribution >= 4 is 18.1 Å². The first-order valence-corrected chi connectivity index (χ1v) is 4.34. The number of hydrogen-bond donors (Lipinski definition) is 0. The SMILES string of the molecule is CC(=O)OCCn1c([N+](=O)[O-])cnc1C=O. The molecule has 0 radical (unpaired) electrons. The lowest BCUT2D eigenvalue weighted by atomic mass is 10.5. The van der Waals surface area contributed by atoms with Crippen molar-refractivity contribution in [3.05, 3.63) is 22.1 Å². The Morgan fingerprint density at radius 1 is 1.75 bits per heavy atom. The second kappa shape index (κ2) is 5.01. The molecule has 0 unspecified atom stereocenters. The van der Waals surface area contributed by atoms with E-state index >= 15 is 0 Å². The minimum absolute atomic E-state index is 0.0178. The van der Waals surface area contributed by atoms with Gasteiger partial charge in [0.25, 0.3) is 5.82 Å². The zero-order valence-corrected chi connectivity index (χ0v) is 8.45. The number of hydrogen-bond acceptors (Lipinski definition) is 6. The van der Waals surface area contributed by atoms with Gasteiger partial charge in [0.2, 0.25) is 6.29 Å². The summed E-state index contributed by atoms with van der Waals surface area (Å²) in [6.45, 7) is 1.19. The molecule has 0 bridgehead atoms. The molecule has 8 heteroatoms. The van der Waals surface area contributed by atoms with Crippen molar-refractivity contribution in [2.45, 2.75) is 13.5 Å². The van der Waals surface area contributed by atoms with Crippen molar-refractivity contribution < 1.29 is 19.2 Å². The number of rotatable bonds is 5. The predicted molar refractivity (Wildman–Crippen MR) is 50.9 cm³/mol. The van der Waals surface area contributed by atoms with Crippen LogP contribution in [0.5, 0.6) is 0 Å². The van der Waals surface area contributed by atoms with E-state index in [0.717, 1.165) is 10.8 Å². The third-order valence-electron chi connectivity index (χ3n) is 1.78.